The molecule has 0 saturated heterocycles. The molecule has 0 aliphatic heterocycles. The van der Waals surface area contributed by atoms with Crippen molar-refractivity contribution in [3.05, 3.63) is 39.6 Å². The van der Waals surface area contributed by atoms with Gasteiger partial charge in [-0.25, -0.2) is 0 Å². The van der Waals surface area contributed by atoms with E-state index in [1.807, 2.05) is 12.1 Å². The van der Waals surface area contributed by atoms with Gasteiger partial charge in [0.1, 0.15) is 0 Å². The fraction of sp³-hybridized carbons (Fsp3) is 0.429. The Balaban J connectivity index is 2.80. The number of nitrogens with zero attached hydrogens (tertiary/aromatic N) is 3. The van der Waals surface area contributed by atoms with Crippen LogP contribution in [0.25, 0.3) is 0 Å². The third kappa shape index (κ3) is 3.09. The summed E-state index contributed by atoms with van der Waals surface area (Å²) in [6.45, 7) is 8.62. The molecule has 0 fully saturated rings. The molecule has 0 bridgehead atoms. The fourth-order valence-corrected chi connectivity index (χ4v) is 6.56. The van der Waals surface area contributed by atoms with Crippen molar-refractivity contribution in [3.8, 4) is 0 Å². The van der Waals surface area contributed by atoms with Gasteiger partial charge in [0.25, 0.3) is 0 Å². The van der Waals surface area contributed by atoms with Crippen molar-refractivity contribution in [2.24, 2.45) is 0 Å². The van der Waals surface area contributed by atoms with Gasteiger partial charge < -0.3 is 0 Å². The number of aromatic nitrogens is 3. The average Bonchev–Trinajstić information content (AvgIpc) is 2.83. The molecule has 0 amide bonds. The van der Waals surface area contributed by atoms with Crippen molar-refractivity contribution in [1.29, 1.82) is 0 Å². The maximum atomic E-state index is 6.80. The Morgan fingerprint density at radius 1 is 1.10 bits per heavy atom. The molecule has 0 N–H and O–H groups in total. The van der Waals surface area contributed by atoms with Gasteiger partial charge in [-0.2, -0.15) is 0 Å². The Labute approximate surface area is 134 Å². The van der Waals surface area contributed by atoms with Crippen molar-refractivity contribution in [3.63, 3.8) is 0 Å². The summed E-state index contributed by atoms with van der Waals surface area (Å²) in [5, 5.41) is 0.648. The van der Waals surface area contributed by atoms with Gasteiger partial charge in [0, 0.05) is 0 Å². The van der Waals surface area contributed by atoms with Crippen LogP contribution >= 0.6 is 21.1 Å². The third-order valence-electron chi connectivity index (χ3n) is 2.84. The van der Waals surface area contributed by atoms with Crippen LogP contribution in [0.5, 0.6) is 0 Å². The molecule has 2 rings (SSSR count). The van der Waals surface area contributed by atoms with E-state index in [0.717, 1.165) is 8.06 Å². The molecule has 0 aliphatic carbocycles. The number of imidazole rings is 1. The molecule has 0 atom stereocenters. The van der Waals surface area contributed by atoms with Crippen molar-refractivity contribution in [2.75, 3.05) is 0 Å². The van der Waals surface area contributed by atoms with E-state index in [4.69, 9.17) is 21.1 Å². The van der Waals surface area contributed by atoms with Gasteiger partial charge in [0.05, 0.1) is 0 Å². The van der Waals surface area contributed by atoms with E-state index in [2.05, 4.69) is 54.2 Å². The number of pyridine rings is 1. The van der Waals surface area contributed by atoms with Gasteiger partial charge in [0.15, 0.2) is 0 Å². The molecule has 3 nitrogen and oxygen atoms in total. The van der Waals surface area contributed by atoms with Crippen LogP contribution in [-0.4, -0.2) is 14.1 Å². The van der Waals surface area contributed by atoms with Gasteiger partial charge in [-0.3, -0.25) is 0 Å². The number of halogens is 2. The van der Waals surface area contributed by atoms with E-state index >= 15 is 0 Å². The molecule has 0 spiro atoms. The topological polar surface area (TPSA) is 22.8 Å². The van der Waals surface area contributed by atoms with Crippen molar-refractivity contribution in [2.45, 2.75) is 39.8 Å². The zero-order valence-corrected chi connectivity index (χ0v) is 15.0. The summed E-state index contributed by atoms with van der Waals surface area (Å²) in [6, 6.07) is 4.40. The van der Waals surface area contributed by atoms with Crippen LogP contribution in [0.1, 0.15) is 39.8 Å². The fourth-order valence-electron chi connectivity index (χ4n) is 1.80. The van der Waals surface area contributed by atoms with Crippen molar-refractivity contribution < 1.29 is 15.3 Å². The van der Waals surface area contributed by atoms with Crippen LogP contribution in [0.3, 0.4) is 0 Å². The van der Waals surface area contributed by atoms with Crippen LogP contribution < -0.4 is 4.17 Å². The number of hydrogen-bond donors (Lipinski definition) is 0. The molecule has 114 valence electrons. The molecule has 0 aliphatic rings. The van der Waals surface area contributed by atoms with Crippen LogP contribution in [0.4, 0.5) is 0 Å². The first kappa shape index (κ1) is 16.0. The Morgan fingerprint density at radius 2 is 1.65 bits per heavy atom. The predicted octanol–water partition coefficient (Wildman–Crippen LogP) is 4.13. The summed E-state index contributed by atoms with van der Waals surface area (Å²) in [5.74, 6) is 0. The van der Waals surface area contributed by atoms with Crippen molar-refractivity contribution in [1.82, 2.24) is 14.1 Å². The average molecular weight is 407 g/mol. The van der Waals surface area contributed by atoms with Crippen molar-refractivity contribution >= 4 is 25.3 Å². The van der Waals surface area contributed by atoms with Crippen LogP contribution in [-0.2, 0) is 15.3 Å². The van der Waals surface area contributed by atoms with Gasteiger partial charge in [0.2, 0.25) is 0 Å². The minimum absolute atomic E-state index is 0.357. The molecular formula is C14H19Cl2N3Pd. The van der Waals surface area contributed by atoms with Gasteiger partial charge >= 0.3 is 134 Å². The third-order valence-corrected chi connectivity index (χ3v) is 7.34. The molecule has 6 heteroatoms. The summed E-state index contributed by atoms with van der Waals surface area (Å²) >= 11 is 4.57. The normalized spacial score (nSPS) is 12.3. The van der Waals surface area contributed by atoms with E-state index < -0.39 is 15.3 Å². The Kier molecular flexibility index (Phi) is 5.26. The monoisotopic (exact) mass is 405 g/mol. The first-order valence-electron chi connectivity index (χ1n) is 6.43. The zero-order chi connectivity index (χ0) is 14.9. The van der Waals surface area contributed by atoms with E-state index in [1.54, 1.807) is 6.20 Å². The molecule has 0 unspecified atom stereocenters. The number of rotatable bonds is 3. The summed E-state index contributed by atoms with van der Waals surface area (Å²) in [4.78, 5) is 4.40. The van der Waals surface area contributed by atoms with Crippen LogP contribution in [0.15, 0.2) is 30.7 Å². The summed E-state index contributed by atoms with van der Waals surface area (Å²) in [5.41, 5.74) is 0. The van der Waals surface area contributed by atoms with Gasteiger partial charge in [-0.15, -0.1) is 0 Å². The standard InChI is InChI=1S/C9H16N2.C5H3ClN.ClH.Pd/c1-8(2)10-5-6-11(7-10)9(3)4;6-5-2-1-3-7-4-5;;/h5-6,8-9H,1-4H3;1-3H;1H;/q;;;+1/p-1. The van der Waals surface area contributed by atoms with E-state index in [1.165, 1.54) is 0 Å². The van der Waals surface area contributed by atoms with E-state index in [0.29, 0.717) is 17.1 Å². The quantitative estimate of drug-likeness (QED) is 0.703. The van der Waals surface area contributed by atoms with Crippen LogP contribution in [0, 0.1) is 3.89 Å². The summed E-state index contributed by atoms with van der Waals surface area (Å²) in [6.07, 6.45) is 5.93. The molecule has 20 heavy (non-hydrogen) atoms. The first-order chi connectivity index (χ1) is 9.43. The molecule has 0 aromatic carbocycles. The Hall–Kier alpha value is -0.398. The SMILES string of the molecule is CC(C)n1ccn(C(C)C)[c]1=[Pd]([Cl])[c]1ncccc1Cl. The first-order valence-corrected chi connectivity index (χ1v) is 10.4. The Morgan fingerprint density at radius 3 is 2.10 bits per heavy atom. The van der Waals surface area contributed by atoms with E-state index in [-0.39, 0.29) is 0 Å². The molecular weight excluding hydrogens is 388 g/mol. The Bertz CT molecular complexity index is 643. The molecule has 0 radical (unpaired) electrons. The van der Waals surface area contributed by atoms with Gasteiger partial charge in [-0.05, 0) is 0 Å². The number of hydrogen-bond acceptors (Lipinski definition) is 1. The zero-order valence-electron chi connectivity index (χ0n) is 12.0. The summed E-state index contributed by atoms with van der Waals surface area (Å²) < 4.78 is 6.39. The van der Waals surface area contributed by atoms with Gasteiger partial charge in [-0.1, -0.05) is 0 Å². The molecule has 0 saturated carbocycles. The predicted molar refractivity (Wildman–Crippen MR) is 81.2 cm³/mol. The van der Waals surface area contributed by atoms with Crippen LogP contribution in [0.2, 0.25) is 5.02 Å². The maximum absolute atomic E-state index is 6.80. The summed E-state index contributed by atoms with van der Waals surface area (Å²) in [7, 11) is 6.80. The molecule has 2 heterocycles. The molecule has 2 aromatic heterocycles. The minimum atomic E-state index is -1.69. The second kappa shape index (κ2) is 6.58. The second-order valence-electron chi connectivity index (χ2n) is 4.99. The van der Waals surface area contributed by atoms with E-state index in [9.17, 15) is 0 Å². The molecule has 2 aromatic rings. The second-order valence-corrected chi connectivity index (χ2v) is 9.22.